The molecule has 4 rings (SSSR count). The highest BCUT2D eigenvalue weighted by Gasteiger charge is 2.10. The predicted octanol–water partition coefficient (Wildman–Crippen LogP) is 6.45. The van der Waals surface area contributed by atoms with Gasteiger partial charge in [-0.05, 0) is 60.2 Å². The summed E-state index contributed by atoms with van der Waals surface area (Å²) in [7, 11) is 0. The molecule has 0 saturated carbocycles. The normalized spacial score (nSPS) is 11.2. The van der Waals surface area contributed by atoms with Gasteiger partial charge in [-0.2, -0.15) is 0 Å². The number of carbonyl (C=O) groups is 1. The van der Waals surface area contributed by atoms with E-state index in [2.05, 4.69) is 10.3 Å². The summed E-state index contributed by atoms with van der Waals surface area (Å²) in [6.07, 6.45) is 3.19. The summed E-state index contributed by atoms with van der Waals surface area (Å²) in [6, 6.07) is 19.8. The lowest BCUT2D eigenvalue weighted by atomic mass is 10.2. The van der Waals surface area contributed by atoms with Crippen molar-refractivity contribution >= 4 is 52.0 Å². The van der Waals surface area contributed by atoms with Crippen LogP contribution in [-0.2, 0) is 4.79 Å². The van der Waals surface area contributed by atoms with Gasteiger partial charge in [0, 0.05) is 27.4 Å². The lowest BCUT2D eigenvalue weighted by molar-refractivity contribution is -0.111. The van der Waals surface area contributed by atoms with E-state index in [4.69, 9.17) is 27.6 Å². The number of nitrogens with zero attached hydrogens (tertiary/aromatic N) is 1. The summed E-state index contributed by atoms with van der Waals surface area (Å²) in [6.45, 7) is 0. The molecule has 1 heterocycles. The van der Waals surface area contributed by atoms with E-state index in [-0.39, 0.29) is 5.91 Å². The van der Waals surface area contributed by atoms with E-state index in [1.54, 1.807) is 48.5 Å². The minimum absolute atomic E-state index is 0.243. The number of amides is 1. The number of nitrogens with one attached hydrogen (secondary N) is 1. The number of benzene rings is 3. The fourth-order valence-corrected chi connectivity index (χ4v) is 3.00. The van der Waals surface area contributed by atoms with Gasteiger partial charge in [0.2, 0.25) is 11.8 Å². The van der Waals surface area contributed by atoms with Gasteiger partial charge in [-0.3, -0.25) is 4.79 Å². The minimum atomic E-state index is -0.243. The van der Waals surface area contributed by atoms with Crippen molar-refractivity contribution in [1.82, 2.24) is 4.98 Å². The van der Waals surface area contributed by atoms with Crippen molar-refractivity contribution in [2.75, 3.05) is 5.32 Å². The third kappa shape index (κ3) is 4.25. The van der Waals surface area contributed by atoms with Crippen molar-refractivity contribution in [3.8, 4) is 11.5 Å². The van der Waals surface area contributed by atoms with Crippen LogP contribution in [-0.4, -0.2) is 10.9 Å². The molecule has 0 atom stereocenters. The Labute approximate surface area is 171 Å². The van der Waals surface area contributed by atoms with Crippen LogP contribution in [0.3, 0.4) is 0 Å². The highest BCUT2D eigenvalue weighted by molar-refractivity contribution is 6.31. The van der Waals surface area contributed by atoms with Crippen molar-refractivity contribution in [3.63, 3.8) is 0 Å². The van der Waals surface area contributed by atoms with E-state index in [9.17, 15) is 4.79 Å². The van der Waals surface area contributed by atoms with Gasteiger partial charge >= 0.3 is 0 Å². The zero-order valence-corrected chi connectivity index (χ0v) is 16.0. The quantitative estimate of drug-likeness (QED) is 0.394. The molecular formula is C22H14Cl2N2O2. The maximum absolute atomic E-state index is 12.2. The van der Waals surface area contributed by atoms with Gasteiger partial charge in [-0.1, -0.05) is 41.4 Å². The van der Waals surface area contributed by atoms with E-state index in [0.29, 0.717) is 32.7 Å². The van der Waals surface area contributed by atoms with Gasteiger partial charge in [0.1, 0.15) is 5.52 Å². The Balaban J connectivity index is 1.51. The zero-order valence-electron chi connectivity index (χ0n) is 14.5. The third-order valence-corrected chi connectivity index (χ3v) is 4.51. The summed E-state index contributed by atoms with van der Waals surface area (Å²) < 4.78 is 5.78. The molecule has 3 aromatic carbocycles. The second kappa shape index (κ2) is 7.89. The molecule has 6 heteroatoms. The molecule has 1 N–H and O–H groups in total. The lowest BCUT2D eigenvalue weighted by Gasteiger charge is -2.01. The Hall–Kier alpha value is -3.08. The van der Waals surface area contributed by atoms with E-state index in [1.807, 2.05) is 24.3 Å². The highest BCUT2D eigenvalue weighted by Crippen LogP contribution is 2.27. The van der Waals surface area contributed by atoms with Gasteiger partial charge < -0.3 is 9.73 Å². The number of oxazole rings is 1. The summed E-state index contributed by atoms with van der Waals surface area (Å²) >= 11 is 11.9. The van der Waals surface area contributed by atoms with Gasteiger partial charge in [-0.25, -0.2) is 4.98 Å². The molecule has 4 aromatic rings. The molecule has 0 unspecified atom stereocenters. The van der Waals surface area contributed by atoms with Crippen LogP contribution < -0.4 is 5.32 Å². The van der Waals surface area contributed by atoms with Crippen LogP contribution in [0, 0.1) is 0 Å². The number of halogens is 2. The van der Waals surface area contributed by atoms with Crippen LogP contribution >= 0.6 is 23.2 Å². The summed E-state index contributed by atoms with van der Waals surface area (Å²) in [4.78, 5) is 16.7. The Morgan fingerprint density at radius 1 is 0.964 bits per heavy atom. The van der Waals surface area contributed by atoms with Crippen LogP contribution in [0.2, 0.25) is 10.0 Å². The SMILES string of the molecule is O=C(/C=C/c1ccc(Cl)cc1)Nc1ccc2oc(-c3cccc(Cl)c3)nc2c1. The first kappa shape index (κ1) is 18.3. The zero-order chi connectivity index (χ0) is 19.5. The maximum atomic E-state index is 12.2. The van der Waals surface area contributed by atoms with Crippen LogP contribution in [0.25, 0.3) is 28.6 Å². The first-order chi connectivity index (χ1) is 13.6. The first-order valence-electron chi connectivity index (χ1n) is 8.48. The number of rotatable bonds is 4. The largest absolute Gasteiger partial charge is 0.436 e. The lowest BCUT2D eigenvalue weighted by Crippen LogP contribution is -2.07. The number of hydrogen-bond donors (Lipinski definition) is 1. The number of anilines is 1. The molecular weight excluding hydrogens is 395 g/mol. The molecule has 0 spiro atoms. The fourth-order valence-electron chi connectivity index (χ4n) is 2.68. The van der Waals surface area contributed by atoms with Crippen LogP contribution in [0.5, 0.6) is 0 Å². The Morgan fingerprint density at radius 2 is 1.79 bits per heavy atom. The molecule has 0 bridgehead atoms. The number of carbonyl (C=O) groups excluding carboxylic acids is 1. The van der Waals surface area contributed by atoms with Crippen molar-refractivity contribution in [1.29, 1.82) is 0 Å². The Kier molecular flexibility index (Phi) is 5.15. The van der Waals surface area contributed by atoms with Crippen molar-refractivity contribution in [3.05, 3.63) is 88.4 Å². The summed E-state index contributed by atoms with van der Waals surface area (Å²) in [5.74, 6) is 0.233. The van der Waals surface area contributed by atoms with Crippen LogP contribution in [0.15, 0.2) is 77.2 Å². The monoisotopic (exact) mass is 408 g/mol. The maximum Gasteiger partial charge on any atom is 0.248 e. The number of hydrogen-bond acceptors (Lipinski definition) is 3. The highest BCUT2D eigenvalue weighted by atomic mass is 35.5. The van der Waals surface area contributed by atoms with Crippen molar-refractivity contribution in [2.24, 2.45) is 0 Å². The average molecular weight is 409 g/mol. The Bertz CT molecular complexity index is 1180. The van der Waals surface area contributed by atoms with Gasteiger partial charge in [0.15, 0.2) is 5.58 Å². The second-order valence-corrected chi connectivity index (χ2v) is 6.96. The molecule has 0 fully saturated rings. The molecule has 1 amide bonds. The molecule has 0 radical (unpaired) electrons. The molecule has 4 nitrogen and oxygen atoms in total. The molecule has 28 heavy (non-hydrogen) atoms. The van der Waals surface area contributed by atoms with E-state index in [1.165, 1.54) is 6.08 Å². The smallest absolute Gasteiger partial charge is 0.248 e. The Morgan fingerprint density at radius 3 is 2.57 bits per heavy atom. The second-order valence-electron chi connectivity index (χ2n) is 6.09. The van der Waals surface area contributed by atoms with Crippen LogP contribution in [0.4, 0.5) is 5.69 Å². The average Bonchev–Trinajstić information content (AvgIpc) is 3.11. The summed E-state index contributed by atoms with van der Waals surface area (Å²) in [5.41, 5.74) is 3.58. The van der Waals surface area contributed by atoms with E-state index in [0.717, 1.165) is 11.1 Å². The molecule has 1 aromatic heterocycles. The van der Waals surface area contributed by atoms with E-state index >= 15 is 0 Å². The molecule has 138 valence electrons. The predicted molar refractivity (Wildman–Crippen MR) is 114 cm³/mol. The molecule has 0 aliphatic rings. The van der Waals surface area contributed by atoms with Crippen molar-refractivity contribution in [2.45, 2.75) is 0 Å². The minimum Gasteiger partial charge on any atom is -0.436 e. The fraction of sp³-hybridized carbons (Fsp3) is 0. The van der Waals surface area contributed by atoms with Gasteiger partial charge in [-0.15, -0.1) is 0 Å². The third-order valence-electron chi connectivity index (χ3n) is 4.02. The summed E-state index contributed by atoms with van der Waals surface area (Å²) in [5, 5.41) is 4.08. The molecule has 0 aliphatic heterocycles. The topological polar surface area (TPSA) is 55.1 Å². The number of aromatic nitrogens is 1. The van der Waals surface area contributed by atoms with Gasteiger partial charge in [0.05, 0.1) is 0 Å². The van der Waals surface area contributed by atoms with Crippen LogP contribution in [0.1, 0.15) is 5.56 Å². The standard InChI is InChI=1S/C22H14Cl2N2O2/c23-16-7-4-14(5-8-16)6-11-21(27)25-18-9-10-20-19(13-18)26-22(28-20)15-2-1-3-17(24)12-15/h1-13H,(H,25,27)/b11-6+. The number of fused-ring (bicyclic) bond motifs is 1. The van der Waals surface area contributed by atoms with Crippen molar-refractivity contribution < 1.29 is 9.21 Å². The van der Waals surface area contributed by atoms with E-state index < -0.39 is 0 Å². The van der Waals surface area contributed by atoms with Gasteiger partial charge in [0.25, 0.3) is 0 Å². The molecule has 0 aliphatic carbocycles. The first-order valence-corrected chi connectivity index (χ1v) is 9.23. The molecule has 0 saturated heterocycles.